The van der Waals surface area contributed by atoms with Gasteiger partial charge in [-0.1, -0.05) is 27.2 Å². The lowest BCUT2D eigenvalue weighted by Gasteiger charge is -2.52. The minimum Gasteiger partial charge on any atom is -0.378 e. The second kappa shape index (κ2) is 5.31. The van der Waals surface area contributed by atoms with Gasteiger partial charge in [-0.05, 0) is 26.7 Å². The van der Waals surface area contributed by atoms with Gasteiger partial charge in [-0.3, -0.25) is 0 Å². The lowest BCUT2D eigenvalue weighted by atomic mass is 9.64. The standard InChI is InChI=1S/C13H27NO/c1-6-8-10(3)14-11-9-12(15-7-2)13(11,4)5/h10-12,14H,6-9H2,1-5H3. The van der Waals surface area contributed by atoms with E-state index in [1.165, 1.54) is 19.3 Å². The molecule has 0 spiro atoms. The second-order valence-electron chi connectivity index (χ2n) is 5.41. The first-order valence-electron chi connectivity index (χ1n) is 6.40. The third kappa shape index (κ3) is 2.94. The minimum atomic E-state index is 0.304. The molecule has 0 radical (unpaired) electrons. The molecule has 0 amide bonds. The van der Waals surface area contributed by atoms with Crippen LogP contribution in [0.1, 0.15) is 53.9 Å². The third-order valence-corrected chi connectivity index (χ3v) is 3.75. The van der Waals surface area contributed by atoms with Crippen LogP contribution in [0.5, 0.6) is 0 Å². The van der Waals surface area contributed by atoms with E-state index in [0.29, 0.717) is 23.6 Å². The fraction of sp³-hybridized carbons (Fsp3) is 1.00. The Kier molecular flexibility index (Phi) is 4.60. The molecule has 2 heteroatoms. The Balaban J connectivity index is 2.34. The van der Waals surface area contributed by atoms with Gasteiger partial charge in [-0.25, -0.2) is 0 Å². The van der Waals surface area contributed by atoms with Crippen molar-refractivity contribution in [2.24, 2.45) is 5.41 Å². The Morgan fingerprint density at radius 1 is 1.40 bits per heavy atom. The van der Waals surface area contributed by atoms with Gasteiger partial charge in [0.05, 0.1) is 6.10 Å². The highest BCUT2D eigenvalue weighted by molar-refractivity contribution is 5.03. The van der Waals surface area contributed by atoms with Crippen molar-refractivity contribution in [1.82, 2.24) is 5.32 Å². The highest BCUT2D eigenvalue weighted by atomic mass is 16.5. The molecule has 0 aromatic carbocycles. The first-order chi connectivity index (χ1) is 7.02. The van der Waals surface area contributed by atoms with Crippen molar-refractivity contribution in [3.05, 3.63) is 0 Å². The molecule has 0 aliphatic heterocycles. The van der Waals surface area contributed by atoms with Gasteiger partial charge in [0.25, 0.3) is 0 Å². The zero-order chi connectivity index (χ0) is 11.5. The van der Waals surface area contributed by atoms with Gasteiger partial charge in [-0.15, -0.1) is 0 Å². The lowest BCUT2D eigenvalue weighted by Crippen LogP contribution is -2.62. The SMILES string of the molecule is CCCC(C)NC1CC(OCC)C1(C)C. The summed E-state index contributed by atoms with van der Waals surface area (Å²) in [5.74, 6) is 0. The van der Waals surface area contributed by atoms with Crippen molar-refractivity contribution in [3.8, 4) is 0 Å². The van der Waals surface area contributed by atoms with Gasteiger partial charge >= 0.3 is 0 Å². The van der Waals surface area contributed by atoms with Crippen molar-refractivity contribution in [3.63, 3.8) is 0 Å². The Morgan fingerprint density at radius 2 is 2.07 bits per heavy atom. The monoisotopic (exact) mass is 213 g/mol. The highest BCUT2D eigenvalue weighted by Crippen LogP contribution is 2.42. The van der Waals surface area contributed by atoms with Crippen LogP contribution in [0.2, 0.25) is 0 Å². The van der Waals surface area contributed by atoms with E-state index >= 15 is 0 Å². The quantitative estimate of drug-likeness (QED) is 0.732. The van der Waals surface area contributed by atoms with Crippen LogP contribution in [-0.4, -0.2) is 24.8 Å². The average Bonchev–Trinajstić information content (AvgIpc) is 2.17. The summed E-state index contributed by atoms with van der Waals surface area (Å²) in [7, 11) is 0. The molecule has 15 heavy (non-hydrogen) atoms. The van der Waals surface area contributed by atoms with Gasteiger partial charge < -0.3 is 10.1 Å². The summed E-state index contributed by atoms with van der Waals surface area (Å²) in [6.07, 6.45) is 4.16. The van der Waals surface area contributed by atoms with Gasteiger partial charge in [-0.2, -0.15) is 0 Å². The Morgan fingerprint density at radius 3 is 2.53 bits per heavy atom. The van der Waals surface area contributed by atoms with Gasteiger partial charge in [0.1, 0.15) is 0 Å². The molecule has 1 rings (SSSR count). The summed E-state index contributed by atoms with van der Waals surface area (Å²) >= 11 is 0. The number of rotatable bonds is 6. The van der Waals surface area contributed by atoms with Crippen LogP contribution < -0.4 is 5.32 Å². The largest absolute Gasteiger partial charge is 0.378 e. The van der Waals surface area contributed by atoms with E-state index in [-0.39, 0.29) is 0 Å². The number of ether oxygens (including phenoxy) is 1. The second-order valence-corrected chi connectivity index (χ2v) is 5.41. The maximum Gasteiger partial charge on any atom is 0.0655 e. The molecule has 1 aliphatic rings. The summed E-state index contributed by atoms with van der Waals surface area (Å²) in [6, 6.07) is 1.28. The average molecular weight is 213 g/mol. The van der Waals surface area contributed by atoms with E-state index in [9.17, 15) is 0 Å². The fourth-order valence-corrected chi connectivity index (χ4v) is 2.51. The molecule has 0 saturated heterocycles. The van der Waals surface area contributed by atoms with Crippen LogP contribution in [0.3, 0.4) is 0 Å². The zero-order valence-corrected chi connectivity index (χ0v) is 11.0. The zero-order valence-electron chi connectivity index (χ0n) is 11.0. The summed E-state index contributed by atoms with van der Waals surface area (Å²) < 4.78 is 5.72. The maximum atomic E-state index is 5.72. The number of hydrogen-bond acceptors (Lipinski definition) is 2. The van der Waals surface area contributed by atoms with Crippen molar-refractivity contribution in [2.75, 3.05) is 6.61 Å². The lowest BCUT2D eigenvalue weighted by molar-refractivity contribution is -0.116. The van der Waals surface area contributed by atoms with Crippen LogP contribution in [0.25, 0.3) is 0 Å². The molecule has 0 aromatic rings. The van der Waals surface area contributed by atoms with Crippen LogP contribution >= 0.6 is 0 Å². The minimum absolute atomic E-state index is 0.304. The van der Waals surface area contributed by atoms with E-state index in [2.05, 4.69) is 39.9 Å². The Bertz CT molecular complexity index is 191. The summed E-state index contributed by atoms with van der Waals surface area (Å²) in [5.41, 5.74) is 0.304. The van der Waals surface area contributed by atoms with E-state index in [4.69, 9.17) is 4.74 Å². The molecule has 0 heterocycles. The molecule has 1 fully saturated rings. The van der Waals surface area contributed by atoms with E-state index < -0.39 is 0 Å². The molecule has 90 valence electrons. The predicted molar refractivity (Wildman–Crippen MR) is 65.1 cm³/mol. The Hall–Kier alpha value is -0.0800. The third-order valence-electron chi connectivity index (χ3n) is 3.75. The predicted octanol–water partition coefficient (Wildman–Crippen LogP) is 2.97. The molecule has 1 saturated carbocycles. The summed E-state index contributed by atoms with van der Waals surface area (Å²) in [5, 5.41) is 3.72. The number of nitrogens with one attached hydrogen (secondary N) is 1. The smallest absolute Gasteiger partial charge is 0.0655 e. The molecule has 1 aliphatic carbocycles. The molecule has 3 unspecified atom stereocenters. The highest BCUT2D eigenvalue weighted by Gasteiger charge is 2.48. The van der Waals surface area contributed by atoms with Crippen molar-refractivity contribution < 1.29 is 4.74 Å². The van der Waals surface area contributed by atoms with Crippen molar-refractivity contribution in [1.29, 1.82) is 0 Å². The Labute approximate surface area is 94.8 Å². The van der Waals surface area contributed by atoms with Crippen molar-refractivity contribution >= 4 is 0 Å². The topological polar surface area (TPSA) is 21.3 Å². The molecular formula is C13H27NO. The summed E-state index contributed by atoms with van der Waals surface area (Å²) in [6.45, 7) is 12.1. The normalized spacial score (nSPS) is 31.0. The molecule has 2 nitrogen and oxygen atoms in total. The summed E-state index contributed by atoms with van der Waals surface area (Å²) in [4.78, 5) is 0. The van der Waals surface area contributed by atoms with Crippen LogP contribution in [-0.2, 0) is 4.74 Å². The first-order valence-corrected chi connectivity index (χ1v) is 6.40. The van der Waals surface area contributed by atoms with Crippen molar-refractivity contribution in [2.45, 2.75) is 72.1 Å². The van der Waals surface area contributed by atoms with E-state index in [0.717, 1.165) is 6.61 Å². The fourth-order valence-electron chi connectivity index (χ4n) is 2.51. The van der Waals surface area contributed by atoms with Gasteiger partial charge in [0.15, 0.2) is 0 Å². The van der Waals surface area contributed by atoms with Crippen LogP contribution in [0, 0.1) is 5.41 Å². The molecule has 1 N–H and O–H groups in total. The van der Waals surface area contributed by atoms with Gasteiger partial charge in [0.2, 0.25) is 0 Å². The molecule has 3 atom stereocenters. The van der Waals surface area contributed by atoms with Gasteiger partial charge in [0, 0.05) is 24.1 Å². The van der Waals surface area contributed by atoms with Crippen LogP contribution in [0.15, 0.2) is 0 Å². The molecule has 0 aromatic heterocycles. The molecular weight excluding hydrogens is 186 g/mol. The first kappa shape index (κ1) is 13.0. The van der Waals surface area contributed by atoms with E-state index in [1.807, 2.05) is 0 Å². The maximum absolute atomic E-state index is 5.72. The molecule has 0 bridgehead atoms. The van der Waals surface area contributed by atoms with Crippen LogP contribution in [0.4, 0.5) is 0 Å². The van der Waals surface area contributed by atoms with E-state index in [1.54, 1.807) is 0 Å². The number of hydrogen-bond donors (Lipinski definition) is 1.